The summed E-state index contributed by atoms with van der Waals surface area (Å²) in [6.45, 7) is 9.81. The maximum absolute atomic E-state index is 13.5. The van der Waals surface area contributed by atoms with Crippen LogP contribution >= 0.6 is 0 Å². The Morgan fingerprint density at radius 2 is 2.09 bits per heavy atom. The van der Waals surface area contributed by atoms with Gasteiger partial charge in [0, 0.05) is 57.5 Å². The molecule has 1 fully saturated rings. The number of nitrogens with zero attached hydrogens (tertiary/aromatic N) is 3. The van der Waals surface area contributed by atoms with Crippen LogP contribution in [0.25, 0.3) is 0 Å². The Kier molecular flexibility index (Phi) is 6.93. The predicted molar refractivity (Wildman–Crippen MR) is 140 cm³/mol. The smallest absolute Gasteiger partial charge is 0.306 e. The van der Waals surface area contributed by atoms with Gasteiger partial charge >= 0.3 is 5.97 Å². The molecule has 6 heteroatoms. The summed E-state index contributed by atoms with van der Waals surface area (Å²) in [6, 6.07) is 6.84. The van der Waals surface area contributed by atoms with E-state index in [2.05, 4.69) is 46.9 Å². The van der Waals surface area contributed by atoms with Gasteiger partial charge in [0.15, 0.2) is 0 Å². The molecule has 190 valence electrons. The zero-order valence-electron chi connectivity index (χ0n) is 21.6. The van der Waals surface area contributed by atoms with E-state index in [-0.39, 0.29) is 23.4 Å². The minimum absolute atomic E-state index is 0.0899. The van der Waals surface area contributed by atoms with Crippen LogP contribution in [0.1, 0.15) is 70.3 Å². The number of benzene rings is 1. The third-order valence-electron chi connectivity index (χ3n) is 8.72. The Balaban J connectivity index is 1.24. The highest BCUT2D eigenvalue weighted by Crippen LogP contribution is 2.55. The van der Waals surface area contributed by atoms with E-state index in [9.17, 15) is 9.18 Å². The molecule has 3 unspecified atom stereocenters. The molecular formula is C29H40FN3O2. The number of likely N-dealkylation sites (N-methyl/N-ethyl adjacent to an activating group) is 1. The quantitative estimate of drug-likeness (QED) is 0.454. The molecule has 0 spiro atoms. The average Bonchev–Trinajstić information content (AvgIpc) is 3.10. The summed E-state index contributed by atoms with van der Waals surface area (Å²) in [4.78, 5) is 20.0. The summed E-state index contributed by atoms with van der Waals surface area (Å²) in [5.41, 5.74) is 5.59. The molecule has 1 aliphatic carbocycles. The second-order valence-electron chi connectivity index (χ2n) is 11.0. The van der Waals surface area contributed by atoms with Gasteiger partial charge in [-0.3, -0.25) is 4.79 Å². The van der Waals surface area contributed by atoms with Gasteiger partial charge < -0.3 is 19.4 Å². The number of ether oxygens (including phenoxy) is 1. The third kappa shape index (κ3) is 4.62. The van der Waals surface area contributed by atoms with E-state index in [4.69, 9.17) is 4.74 Å². The van der Waals surface area contributed by atoms with E-state index in [1.54, 1.807) is 0 Å². The normalized spacial score (nSPS) is 26.6. The van der Waals surface area contributed by atoms with Gasteiger partial charge in [0.05, 0.1) is 11.4 Å². The number of carbonyl (C=O) groups excluding carboxylic acids is 1. The fourth-order valence-electron chi connectivity index (χ4n) is 6.63. The summed E-state index contributed by atoms with van der Waals surface area (Å²) < 4.78 is 19.4. The lowest BCUT2D eigenvalue weighted by atomic mass is 9.78. The van der Waals surface area contributed by atoms with Crippen LogP contribution in [0.2, 0.25) is 0 Å². The van der Waals surface area contributed by atoms with Gasteiger partial charge in [0.25, 0.3) is 0 Å². The van der Waals surface area contributed by atoms with Crippen LogP contribution in [-0.2, 0) is 9.53 Å². The first-order valence-corrected chi connectivity index (χ1v) is 13.5. The molecule has 1 aromatic carbocycles. The lowest BCUT2D eigenvalue weighted by molar-refractivity contribution is -0.147. The van der Waals surface area contributed by atoms with Crippen molar-refractivity contribution >= 4 is 17.3 Å². The van der Waals surface area contributed by atoms with Crippen LogP contribution in [-0.4, -0.2) is 62.3 Å². The Hall–Kier alpha value is -2.34. The minimum Gasteiger partial charge on any atom is -0.458 e. The third-order valence-corrected chi connectivity index (χ3v) is 8.72. The van der Waals surface area contributed by atoms with Crippen molar-refractivity contribution in [2.24, 2.45) is 0 Å². The van der Waals surface area contributed by atoms with Crippen molar-refractivity contribution in [3.63, 3.8) is 0 Å². The molecule has 0 saturated carbocycles. The number of anilines is 2. The van der Waals surface area contributed by atoms with E-state index in [0.29, 0.717) is 25.2 Å². The van der Waals surface area contributed by atoms with Crippen LogP contribution in [0.15, 0.2) is 41.8 Å². The highest BCUT2D eigenvalue weighted by molar-refractivity contribution is 5.81. The van der Waals surface area contributed by atoms with Crippen LogP contribution in [0.3, 0.4) is 0 Å². The van der Waals surface area contributed by atoms with Gasteiger partial charge in [-0.25, -0.2) is 4.39 Å². The largest absolute Gasteiger partial charge is 0.458 e. The fraction of sp³-hybridized carbons (Fsp3) is 0.621. The highest BCUT2D eigenvalue weighted by atomic mass is 19.1. The van der Waals surface area contributed by atoms with Crippen LogP contribution in [0.5, 0.6) is 0 Å². The minimum atomic E-state index is -0.233. The number of hydrogen-bond donors (Lipinski definition) is 0. The second-order valence-corrected chi connectivity index (χ2v) is 11.0. The number of para-hydroxylation sites is 1. The number of hydrogen-bond acceptors (Lipinski definition) is 5. The first-order valence-electron chi connectivity index (χ1n) is 13.5. The molecule has 4 aliphatic rings. The van der Waals surface area contributed by atoms with E-state index >= 15 is 0 Å². The zero-order valence-corrected chi connectivity index (χ0v) is 21.6. The summed E-state index contributed by atoms with van der Waals surface area (Å²) in [5, 5.41) is 0. The molecule has 5 nitrogen and oxygen atoms in total. The van der Waals surface area contributed by atoms with E-state index in [1.165, 1.54) is 29.4 Å². The Morgan fingerprint density at radius 3 is 2.86 bits per heavy atom. The van der Waals surface area contributed by atoms with Crippen LogP contribution in [0.4, 0.5) is 15.8 Å². The van der Waals surface area contributed by atoms with E-state index < -0.39 is 0 Å². The maximum atomic E-state index is 13.5. The number of rotatable bonds is 8. The van der Waals surface area contributed by atoms with Gasteiger partial charge in [0.2, 0.25) is 0 Å². The number of carbonyl (C=O) groups is 1. The molecule has 3 aliphatic heterocycles. The van der Waals surface area contributed by atoms with Crippen molar-refractivity contribution in [3.8, 4) is 0 Å². The lowest BCUT2D eigenvalue weighted by Crippen LogP contribution is -2.57. The molecule has 0 amide bonds. The Morgan fingerprint density at radius 1 is 1.23 bits per heavy atom. The van der Waals surface area contributed by atoms with Gasteiger partial charge in [0.1, 0.15) is 11.9 Å². The monoisotopic (exact) mass is 481 g/mol. The molecule has 5 rings (SSSR count). The summed E-state index contributed by atoms with van der Waals surface area (Å²) in [7, 11) is 2.21. The number of halogens is 1. The zero-order chi connectivity index (χ0) is 24.6. The Labute approximate surface area is 209 Å². The first-order chi connectivity index (χ1) is 16.9. The first kappa shape index (κ1) is 24.4. The molecule has 0 radical (unpaired) electrons. The topological polar surface area (TPSA) is 36.0 Å². The van der Waals surface area contributed by atoms with Crippen LogP contribution < -0.4 is 9.80 Å². The SMILES string of the molecule is CCCC(=O)OC(CCCN1CCC2(C)C(C1)c1cccc3c1N2CCN3C)C1=CC=C(F)CC1. The molecule has 35 heavy (non-hydrogen) atoms. The number of piperidine rings is 1. The molecule has 1 saturated heterocycles. The van der Waals surface area contributed by atoms with Gasteiger partial charge in [-0.2, -0.15) is 0 Å². The van der Waals surface area contributed by atoms with E-state index in [1.807, 2.05) is 13.0 Å². The second kappa shape index (κ2) is 9.96. The van der Waals surface area contributed by atoms with Crippen molar-refractivity contribution in [2.75, 3.05) is 49.6 Å². The number of esters is 1. The van der Waals surface area contributed by atoms with Gasteiger partial charge in [-0.1, -0.05) is 25.1 Å². The molecular weight excluding hydrogens is 441 g/mol. The van der Waals surface area contributed by atoms with Crippen molar-refractivity contribution in [1.82, 2.24) is 4.90 Å². The van der Waals surface area contributed by atoms with Gasteiger partial charge in [-0.15, -0.1) is 0 Å². The predicted octanol–water partition coefficient (Wildman–Crippen LogP) is 5.57. The van der Waals surface area contributed by atoms with Crippen molar-refractivity contribution in [2.45, 2.75) is 76.4 Å². The molecule has 1 aromatic rings. The van der Waals surface area contributed by atoms with Crippen molar-refractivity contribution < 1.29 is 13.9 Å². The molecule has 3 heterocycles. The maximum Gasteiger partial charge on any atom is 0.306 e. The fourth-order valence-corrected chi connectivity index (χ4v) is 6.63. The molecule has 0 bridgehead atoms. The number of likely N-dealkylation sites (tertiary alicyclic amines) is 1. The summed E-state index contributed by atoms with van der Waals surface area (Å²) in [6.07, 6.45) is 8.33. The number of fused-ring (bicyclic) bond motifs is 3. The van der Waals surface area contributed by atoms with E-state index in [0.717, 1.165) is 57.6 Å². The molecule has 0 N–H and O–H groups in total. The number of allylic oxidation sites excluding steroid dienone is 3. The summed E-state index contributed by atoms with van der Waals surface area (Å²) >= 11 is 0. The van der Waals surface area contributed by atoms with Crippen LogP contribution in [0, 0.1) is 0 Å². The van der Waals surface area contributed by atoms with Crippen molar-refractivity contribution in [3.05, 3.63) is 47.3 Å². The molecule has 3 atom stereocenters. The summed E-state index contributed by atoms with van der Waals surface area (Å²) in [5.74, 6) is 0.286. The average molecular weight is 482 g/mol. The molecule has 0 aromatic heterocycles. The van der Waals surface area contributed by atoms with Gasteiger partial charge in [-0.05, 0) is 68.9 Å². The highest BCUT2D eigenvalue weighted by Gasteiger charge is 2.52. The van der Waals surface area contributed by atoms with Crippen molar-refractivity contribution in [1.29, 1.82) is 0 Å². The Bertz CT molecular complexity index is 1020. The standard InChI is InChI=1S/C29H40FN3O2/c1-4-7-27(34)35-26(21-11-13-22(30)14-12-21)10-6-16-32-17-15-29(2)24(20-32)23-8-5-9-25-28(23)33(29)19-18-31(25)3/h5,8-9,11,13,24,26H,4,6-7,10,12,14-20H2,1-3H3. The lowest BCUT2D eigenvalue weighted by Gasteiger charge is -2.49.